The van der Waals surface area contributed by atoms with Crippen molar-refractivity contribution < 1.29 is 24.2 Å². The van der Waals surface area contributed by atoms with Crippen molar-refractivity contribution in [2.45, 2.75) is 94.8 Å². The summed E-state index contributed by atoms with van der Waals surface area (Å²) in [6.07, 6.45) is 12.9. The highest BCUT2D eigenvalue weighted by atomic mass is 16.6. The molecule has 3 aromatic rings. The number of hydrogen-bond acceptors (Lipinski definition) is 8. The Bertz CT molecular complexity index is 1670. The standard InChI is InChI=1S/C37H44N6O5/c1-47-35-16-15-32(40-34(35)18-38)24-7-5-23(6-8-24)17-31-30(26-19-39-43(20-26)27-11-12-27)3-2-4-33(31)41-36(45)25-9-13-29(14-10-25)48-37(46)42-21-28(44)22-42/h2-4,15-16,19-20,23-25,27-29,44H,5-14,17,21-22H2,1H3,(H,41,45). The molecule has 2 amide bonds. The highest BCUT2D eigenvalue weighted by Crippen LogP contribution is 2.41. The van der Waals surface area contributed by atoms with Gasteiger partial charge in [0.1, 0.15) is 12.2 Å². The van der Waals surface area contributed by atoms with E-state index in [-0.39, 0.29) is 24.0 Å². The Labute approximate surface area is 281 Å². The van der Waals surface area contributed by atoms with E-state index in [1.807, 2.05) is 30.5 Å². The van der Waals surface area contributed by atoms with Gasteiger partial charge in [-0.1, -0.05) is 12.1 Å². The number of methoxy groups -OCH3 is 1. The fourth-order valence-electron chi connectivity index (χ4n) is 7.59. The highest BCUT2D eigenvalue weighted by Gasteiger charge is 2.34. The van der Waals surface area contributed by atoms with Gasteiger partial charge in [-0.25, -0.2) is 9.78 Å². The number of pyridine rings is 1. The van der Waals surface area contributed by atoms with E-state index in [0.717, 1.165) is 73.0 Å². The molecule has 0 unspecified atom stereocenters. The minimum atomic E-state index is -0.458. The SMILES string of the molecule is COc1ccc(C2CCC(Cc3c(NC(=O)C4CCC(OC(=O)N5CC(O)C5)CC4)cccc3-c3cnn(C4CC4)c3)CC2)nc1C#N. The molecule has 11 heteroatoms. The third kappa shape index (κ3) is 7.04. The molecule has 11 nitrogen and oxygen atoms in total. The topological polar surface area (TPSA) is 143 Å². The largest absolute Gasteiger partial charge is 0.494 e. The van der Waals surface area contributed by atoms with Gasteiger partial charge in [0, 0.05) is 35.0 Å². The molecule has 2 aromatic heterocycles. The minimum absolute atomic E-state index is 0.0142. The number of nitrogens with one attached hydrogen (secondary N) is 1. The number of anilines is 1. The van der Waals surface area contributed by atoms with Crippen LogP contribution in [0.3, 0.4) is 0 Å². The Morgan fingerprint density at radius 1 is 1.02 bits per heavy atom. The zero-order chi connectivity index (χ0) is 33.2. The second-order valence-electron chi connectivity index (χ2n) is 14.0. The fraction of sp³-hybridized carbons (Fsp3) is 0.541. The summed E-state index contributed by atoms with van der Waals surface area (Å²) in [5, 5.41) is 27.0. The van der Waals surface area contributed by atoms with Gasteiger partial charge in [0.05, 0.1) is 38.5 Å². The van der Waals surface area contributed by atoms with Crippen molar-refractivity contribution >= 4 is 17.7 Å². The molecule has 3 saturated carbocycles. The number of ether oxygens (including phenoxy) is 2. The van der Waals surface area contributed by atoms with Crippen molar-refractivity contribution in [3.63, 3.8) is 0 Å². The number of amides is 2. The Balaban J connectivity index is 1.03. The van der Waals surface area contributed by atoms with E-state index in [1.165, 1.54) is 4.90 Å². The maximum atomic E-state index is 13.7. The number of hydrogen-bond donors (Lipinski definition) is 2. The molecule has 7 rings (SSSR count). The first kappa shape index (κ1) is 32.1. The number of nitrogens with zero attached hydrogens (tertiary/aromatic N) is 5. The molecule has 1 aliphatic heterocycles. The predicted molar refractivity (Wildman–Crippen MR) is 178 cm³/mol. The Kier molecular flexibility index (Phi) is 9.35. The van der Waals surface area contributed by atoms with Crippen LogP contribution in [0.4, 0.5) is 10.5 Å². The van der Waals surface area contributed by atoms with Gasteiger partial charge < -0.3 is 24.8 Å². The van der Waals surface area contributed by atoms with Crippen LogP contribution in [0.5, 0.6) is 5.75 Å². The van der Waals surface area contributed by atoms with Gasteiger partial charge in [0.25, 0.3) is 0 Å². The van der Waals surface area contributed by atoms with E-state index in [0.29, 0.717) is 68.1 Å². The summed E-state index contributed by atoms with van der Waals surface area (Å²) in [5.74, 6) is 1.12. The minimum Gasteiger partial charge on any atom is -0.494 e. The van der Waals surface area contributed by atoms with Crippen LogP contribution in [0.15, 0.2) is 42.7 Å². The molecule has 3 aliphatic carbocycles. The lowest BCUT2D eigenvalue weighted by atomic mass is 9.77. The Morgan fingerprint density at radius 2 is 1.79 bits per heavy atom. The third-order valence-electron chi connectivity index (χ3n) is 10.7. The lowest BCUT2D eigenvalue weighted by molar-refractivity contribution is -0.121. The maximum Gasteiger partial charge on any atom is 0.410 e. The number of likely N-dealkylation sites (tertiary alicyclic amines) is 1. The van der Waals surface area contributed by atoms with E-state index in [9.17, 15) is 20.0 Å². The molecule has 0 spiro atoms. The van der Waals surface area contributed by atoms with E-state index in [2.05, 4.69) is 38.4 Å². The summed E-state index contributed by atoms with van der Waals surface area (Å²) in [6, 6.07) is 12.7. The zero-order valence-corrected chi connectivity index (χ0v) is 27.5. The summed E-state index contributed by atoms with van der Waals surface area (Å²) in [6.45, 7) is 0.647. The zero-order valence-electron chi connectivity index (χ0n) is 27.5. The van der Waals surface area contributed by atoms with Gasteiger partial charge in [0.15, 0.2) is 11.4 Å². The van der Waals surface area contributed by atoms with Crippen LogP contribution in [-0.4, -0.2) is 69.2 Å². The number of rotatable bonds is 9. The first-order valence-corrected chi connectivity index (χ1v) is 17.4. The van der Waals surface area contributed by atoms with Crippen LogP contribution < -0.4 is 10.1 Å². The molecule has 4 aliphatic rings. The second-order valence-corrected chi connectivity index (χ2v) is 14.0. The number of aromatic nitrogens is 3. The number of β-amino-alcohol motifs (C(OH)–C–C–N with tert-alkyl or cyclic N) is 1. The van der Waals surface area contributed by atoms with Gasteiger partial charge in [-0.05, 0) is 106 Å². The van der Waals surface area contributed by atoms with Crippen molar-refractivity contribution in [3.05, 3.63) is 59.7 Å². The smallest absolute Gasteiger partial charge is 0.410 e. The lowest BCUT2D eigenvalue weighted by Gasteiger charge is -2.36. The van der Waals surface area contributed by atoms with E-state index in [1.54, 1.807) is 7.11 Å². The van der Waals surface area contributed by atoms with Crippen LogP contribution in [0.2, 0.25) is 0 Å². The van der Waals surface area contributed by atoms with E-state index < -0.39 is 6.10 Å². The summed E-state index contributed by atoms with van der Waals surface area (Å²) < 4.78 is 13.0. The first-order chi connectivity index (χ1) is 23.4. The van der Waals surface area contributed by atoms with Crippen LogP contribution in [0.1, 0.15) is 93.1 Å². The van der Waals surface area contributed by atoms with Gasteiger partial charge in [-0.15, -0.1) is 0 Å². The van der Waals surface area contributed by atoms with E-state index >= 15 is 0 Å². The van der Waals surface area contributed by atoms with Crippen LogP contribution >= 0.6 is 0 Å². The van der Waals surface area contributed by atoms with Crippen molar-refractivity contribution in [1.82, 2.24) is 19.7 Å². The van der Waals surface area contributed by atoms with Gasteiger partial charge in [-0.3, -0.25) is 9.48 Å². The Hall–Kier alpha value is -4.43. The molecule has 1 saturated heterocycles. The number of carbonyl (C=O) groups excluding carboxylic acids is 2. The average Bonchev–Trinajstić information content (AvgIpc) is 3.83. The summed E-state index contributed by atoms with van der Waals surface area (Å²) >= 11 is 0. The fourth-order valence-corrected chi connectivity index (χ4v) is 7.59. The summed E-state index contributed by atoms with van der Waals surface area (Å²) in [4.78, 5) is 32.1. The third-order valence-corrected chi connectivity index (χ3v) is 10.7. The van der Waals surface area contributed by atoms with Crippen LogP contribution in [-0.2, 0) is 16.0 Å². The van der Waals surface area contributed by atoms with Gasteiger partial charge in [-0.2, -0.15) is 10.4 Å². The molecule has 2 N–H and O–H groups in total. The predicted octanol–water partition coefficient (Wildman–Crippen LogP) is 5.99. The molecule has 48 heavy (non-hydrogen) atoms. The number of carbonyl (C=O) groups is 2. The number of aliphatic hydroxyl groups is 1. The monoisotopic (exact) mass is 652 g/mol. The molecule has 0 atom stereocenters. The average molecular weight is 653 g/mol. The number of aliphatic hydroxyl groups excluding tert-OH is 1. The van der Waals surface area contributed by atoms with Crippen LogP contribution in [0, 0.1) is 23.2 Å². The normalized spacial score (nSPS) is 24.3. The van der Waals surface area contributed by atoms with Crippen LogP contribution in [0.25, 0.3) is 11.1 Å². The van der Waals surface area contributed by atoms with Crippen molar-refractivity contribution in [1.29, 1.82) is 5.26 Å². The number of benzene rings is 1. The highest BCUT2D eigenvalue weighted by molar-refractivity contribution is 5.94. The first-order valence-electron chi connectivity index (χ1n) is 17.4. The van der Waals surface area contributed by atoms with Gasteiger partial charge >= 0.3 is 6.09 Å². The summed E-state index contributed by atoms with van der Waals surface area (Å²) in [5.41, 5.74) is 5.49. The molecular formula is C37H44N6O5. The Morgan fingerprint density at radius 3 is 2.48 bits per heavy atom. The molecule has 4 fully saturated rings. The second kappa shape index (κ2) is 14.0. The van der Waals surface area contributed by atoms with Crippen molar-refractivity contribution in [3.8, 4) is 22.9 Å². The number of nitriles is 1. The maximum absolute atomic E-state index is 13.7. The molecular weight excluding hydrogens is 608 g/mol. The van der Waals surface area contributed by atoms with E-state index in [4.69, 9.17) is 9.47 Å². The molecule has 252 valence electrons. The lowest BCUT2D eigenvalue weighted by Crippen LogP contribution is -2.54. The molecule has 0 radical (unpaired) electrons. The molecule has 1 aromatic carbocycles. The molecule has 3 heterocycles. The van der Waals surface area contributed by atoms with Crippen molar-refractivity contribution in [2.75, 3.05) is 25.5 Å². The van der Waals surface area contributed by atoms with Gasteiger partial charge in [0.2, 0.25) is 5.91 Å². The summed E-state index contributed by atoms with van der Waals surface area (Å²) in [7, 11) is 1.56. The van der Waals surface area contributed by atoms with Crippen molar-refractivity contribution in [2.24, 2.45) is 11.8 Å². The molecule has 0 bridgehead atoms. The quantitative estimate of drug-likeness (QED) is 0.287.